The van der Waals surface area contributed by atoms with Gasteiger partial charge in [0.15, 0.2) is 17.1 Å². The van der Waals surface area contributed by atoms with E-state index in [0.717, 1.165) is 36.4 Å². The van der Waals surface area contributed by atoms with Crippen molar-refractivity contribution in [3.05, 3.63) is 51.2 Å². The molecule has 2 heterocycles. The van der Waals surface area contributed by atoms with Gasteiger partial charge in [0.25, 0.3) is 0 Å². The SMILES string of the molecule is CCn1c(SCC(=O)Nc2sc3c(c2C#N)CCC(C)C3)nnc1C(C)Oc1ccc(C)c(C)c1. The van der Waals surface area contributed by atoms with Gasteiger partial charge in [-0.1, -0.05) is 24.8 Å². The zero-order chi connectivity index (χ0) is 25.1. The van der Waals surface area contributed by atoms with Crippen molar-refractivity contribution in [2.75, 3.05) is 11.1 Å². The Morgan fingerprint density at radius 3 is 2.89 bits per heavy atom. The van der Waals surface area contributed by atoms with Crippen LogP contribution in [0.2, 0.25) is 0 Å². The molecule has 2 atom stereocenters. The molecule has 1 aromatic carbocycles. The highest BCUT2D eigenvalue weighted by Gasteiger charge is 2.25. The van der Waals surface area contributed by atoms with Crippen LogP contribution in [0.3, 0.4) is 0 Å². The fourth-order valence-electron chi connectivity index (χ4n) is 4.30. The molecule has 0 saturated heterocycles. The summed E-state index contributed by atoms with van der Waals surface area (Å²) in [5.74, 6) is 2.17. The molecule has 35 heavy (non-hydrogen) atoms. The van der Waals surface area contributed by atoms with Gasteiger partial charge in [-0.3, -0.25) is 4.79 Å². The average Bonchev–Trinajstić information content (AvgIpc) is 3.39. The fraction of sp³-hybridized carbons (Fsp3) is 0.462. The Labute approximate surface area is 214 Å². The molecule has 0 radical (unpaired) electrons. The predicted octanol–water partition coefficient (Wildman–Crippen LogP) is 5.84. The minimum Gasteiger partial charge on any atom is -0.483 e. The highest BCUT2D eigenvalue weighted by Crippen LogP contribution is 2.39. The van der Waals surface area contributed by atoms with Gasteiger partial charge in [0.1, 0.15) is 16.8 Å². The van der Waals surface area contributed by atoms with Crippen LogP contribution in [0.4, 0.5) is 5.00 Å². The molecular weight excluding hydrogens is 478 g/mol. The molecule has 1 aliphatic rings. The number of benzene rings is 1. The molecule has 9 heteroatoms. The number of hydrogen-bond donors (Lipinski definition) is 1. The van der Waals surface area contributed by atoms with E-state index < -0.39 is 0 Å². The van der Waals surface area contributed by atoms with Gasteiger partial charge in [0, 0.05) is 11.4 Å². The zero-order valence-electron chi connectivity index (χ0n) is 20.8. The number of ether oxygens (including phenoxy) is 1. The van der Waals surface area contributed by atoms with Crippen molar-refractivity contribution >= 4 is 34.0 Å². The maximum absolute atomic E-state index is 12.8. The van der Waals surface area contributed by atoms with Crippen LogP contribution in [-0.4, -0.2) is 26.4 Å². The molecule has 7 nitrogen and oxygen atoms in total. The van der Waals surface area contributed by atoms with E-state index in [4.69, 9.17) is 4.74 Å². The number of nitriles is 1. The minimum absolute atomic E-state index is 0.148. The second-order valence-corrected chi connectivity index (χ2v) is 11.1. The summed E-state index contributed by atoms with van der Waals surface area (Å²) in [6, 6.07) is 8.34. The first kappa shape index (κ1) is 25.3. The van der Waals surface area contributed by atoms with Crippen molar-refractivity contribution in [3.8, 4) is 11.8 Å². The lowest BCUT2D eigenvalue weighted by Crippen LogP contribution is -2.15. The normalized spacial score (nSPS) is 15.8. The van der Waals surface area contributed by atoms with Crippen LogP contribution in [0.1, 0.15) is 66.3 Å². The maximum Gasteiger partial charge on any atom is 0.235 e. The van der Waals surface area contributed by atoms with E-state index in [2.05, 4.69) is 42.4 Å². The Morgan fingerprint density at radius 1 is 1.37 bits per heavy atom. The number of fused-ring (bicyclic) bond motifs is 1. The first-order valence-electron chi connectivity index (χ1n) is 11.9. The summed E-state index contributed by atoms with van der Waals surface area (Å²) < 4.78 is 8.11. The first-order chi connectivity index (χ1) is 16.8. The number of hydrogen-bond acceptors (Lipinski definition) is 7. The number of rotatable bonds is 8. The summed E-state index contributed by atoms with van der Waals surface area (Å²) in [5, 5.41) is 22.7. The largest absolute Gasteiger partial charge is 0.483 e. The molecule has 1 aliphatic carbocycles. The van der Waals surface area contributed by atoms with Gasteiger partial charge in [-0.15, -0.1) is 21.5 Å². The second kappa shape index (κ2) is 10.8. The Morgan fingerprint density at radius 2 is 2.17 bits per heavy atom. The van der Waals surface area contributed by atoms with E-state index in [1.165, 1.54) is 27.8 Å². The summed E-state index contributed by atoms with van der Waals surface area (Å²) in [7, 11) is 0. The minimum atomic E-state index is -0.286. The summed E-state index contributed by atoms with van der Waals surface area (Å²) in [6.45, 7) is 11.0. The third kappa shape index (κ3) is 5.54. The molecule has 4 rings (SSSR count). The maximum atomic E-state index is 12.8. The number of carbonyl (C=O) groups excluding carboxylic acids is 1. The number of carbonyl (C=O) groups is 1. The van der Waals surface area contributed by atoms with Crippen molar-refractivity contribution in [2.24, 2.45) is 5.92 Å². The van der Waals surface area contributed by atoms with Crippen molar-refractivity contribution in [2.45, 2.75) is 71.7 Å². The van der Waals surface area contributed by atoms with Crippen molar-refractivity contribution in [1.82, 2.24) is 14.8 Å². The van der Waals surface area contributed by atoms with E-state index in [-0.39, 0.29) is 17.8 Å². The standard InChI is InChI=1S/C26H31N5O2S2/c1-6-31-24(18(5)33-19-9-8-16(3)17(4)12-19)29-30-26(31)34-14-23(32)28-25-21(13-27)20-10-7-15(2)11-22(20)35-25/h8-9,12,15,18H,6-7,10-11,14H2,1-5H3,(H,28,32). The summed E-state index contributed by atoms with van der Waals surface area (Å²) >= 11 is 2.89. The molecular formula is C26H31N5O2S2. The highest BCUT2D eigenvalue weighted by atomic mass is 32.2. The molecule has 0 aliphatic heterocycles. The molecule has 0 fully saturated rings. The lowest BCUT2D eigenvalue weighted by Gasteiger charge is -2.17. The Balaban J connectivity index is 1.41. The third-order valence-corrected chi connectivity index (χ3v) is 8.56. The van der Waals surface area contributed by atoms with Gasteiger partial charge >= 0.3 is 0 Å². The molecule has 0 spiro atoms. The monoisotopic (exact) mass is 509 g/mol. The molecule has 0 bridgehead atoms. The molecule has 2 unspecified atom stereocenters. The Bertz CT molecular complexity index is 1270. The van der Waals surface area contributed by atoms with Crippen LogP contribution < -0.4 is 10.1 Å². The highest BCUT2D eigenvalue weighted by molar-refractivity contribution is 7.99. The van der Waals surface area contributed by atoms with Gasteiger partial charge in [-0.05, 0) is 81.7 Å². The second-order valence-electron chi connectivity index (χ2n) is 9.10. The molecule has 184 valence electrons. The van der Waals surface area contributed by atoms with Gasteiger partial charge in [0.2, 0.25) is 5.91 Å². The molecule has 1 amide bonds. The lowest BCUT2D eigenvalue weighted by molar-refractivity contribution is -0.113. The number of aromatic nitrogens is 3. The van der Waals surface area contributed by atoms with Crippen LogP contribution >= 0.6 is 23.1 Å². The number of nitrogens with one attached hydrogen (secondary N) is 1. The molecule has 2 aromatic heterocycles. The van der Waals surface area contributed by atoms with Gasteiger partial charge < -0.3 is 14.6 Å². The number of anilines is 1. The number of nitrogens with zero attached hydrogens (tertiary/aromatic N) is 4. The van der Waals surface area contributed by atoms with Crippen molar-refractivity contribution in [3.63, 3.8) is 0 Å². The van der Waals surface area contributed by atoms with Gasteiger partial charge in [-0.2, -0.15) is 5.26 Å². The summed E-state index contributed by atoms with van der Waals surface area (Å²) in [6.07, 6.45) is 2.68. The Hall–Kier alpha value is -2.83. The smallest absolute Gasteiger partial charge is 0.235 e. The van der Waals surface area contributed by atoms with E-state index in [9.17, 15) is 10.1 Å². The van der Waals surface area contributed by atoms with Gasteiger partial charge in [-0.25, -0.2) is 0 Å². The van der Waals surface area contributed by atoms with Crippen LogP contribution in [0.25, 0.3) is 0 Å². The van der Waals surface area contributed by atoms with Crippen molar-refractivity contribution in [1.29, 1.82) is 5.26 Å². The van der Waals surface area contributed by atoms with Crippen LogP contribution in [-0.2, 0) is 24.2 Å². The lowest BCUT2D eigenvalue weighted by atomic mass is 9.89. The topological polar surface area (TPSA) is 92.8 Å². The number of thioether (sulfide) groups is 1. The summed E-state index contributed by atoms with van der Waals surface area (Å²) in [4.78, 5) is 14.0. The molecule has 3 aromatic rings. The zero-order valence-corrected chi connectivity index (χ0v) is 22.5. The molecule has 0 saturated carbocycles. The van der Waals surface area contributed by atoms with Gasteiger partial charge in [0.05, 0.1) is 11.3 Å². The van der Waals surface area contributed by atoms with Crippen LogP contribution in [0.5, 0.6) is 5.75 Å². The Kier molecular flexibility index (Phi) is 7.82. The van der Waals surface area contributed by atoms with E-state index >= 15 is 0 Å². The average molecular weight is 510 g/mol. The number of aryl methyl sites for hydroxylation is 2. The van der Waals surface area contributed by atoms with Crippen molar-refractivity contribution < 1.29 is 9.53 Å². The first-order valence-corrected chi connectivity index (χ1v) is 13.7. The predicted molar refractivity (Wildman–Crippen MR) is 140 cm³/mol. The van der Waals surface area contributed by atoms with E-state index in [0.29, 0.717) is 28.2 Å². The number of amides is 1. The van der Waals surface area contributed by atoms with Crippen LogP contribution in [0.15, 0.2) is 23.4 Å². The fourth-order valence-corrected chi connectivity index (χ4v) is 6.49. The van der Waals surface area contributed by atoms with Crippen LogP contribution in [0, 0.1) is 31.1 Å². The number of thiophene rings is 1. The van der Waals surface area contributed by atoms with E-state index in [1.54, 1.807) is 11.3 Å². The summed E-state index contributed by atoms with van der Waals surface area (Å²) in [5.41, 5.74) is 4.14. The third-order valence-electron chi connectivity index (χ3n) is 6.43. The van der Waals surface area contributed by atoms with E-state index in [1.807, 2.05) is 36.6 Å². The molecule has 1 N–H and O–H groups in total. The quantitative estimate of drug-likeness (QED) is 0.383.